The zero-order chi connectivity index (χ0) is 18.5. The highest BCUT2D eigenvalue weighted by molar-refractivity contribution is 6.74. The second kappa shape index (κ2) is 8.36. The molecule has 0 radical (unpaired) electrons. The van der Waals surface area contributed by atoms with E-state index < -0.39 is 20.4 Å². The van der Waals surface area contributed by atoms with Gasteiger partial charge in [0.25, 0.3) is 0 Å². The minimum atomic E-state index is -1.91. The van der Waals surface area contributed by atoms with Crippen LogP contribution in [0.3, 0.4) is 0 Å². The third kappa shape index (κ3) is 5.22. The van der Waals surface area contributed by atoms with Gasteiger partial charge < -0.3 is 25.1 Å². The predicted octanol–water partition coefficient (Wildman–Crippen LogP) is 0.697. The van der Waals surface area contributed by atoms with Gasteiger partial charge in [0.15, 0.2) is 14.4 Å². The second-order valence-corrected chi connectivity index (χ2v) is 12.7. The molecule has 0 aromatic heterocycles. The lowest BCUT2D eigenvalue weighted by Crippen LogP contribution is -3.01. The molecule has 1 saturated heterocycles. The summed E-state index contributed by atoms with van der Waals surface area (Å²) in [5, 5.41) is 12.2. The SMILES string of the molecule is CCOC(=O)C(=[N+]=[N-])[C@H]1CC[C@H](O)[C@@H](CO[Si](C)(C)C(C)(C)C)[NH2+]1. The molecule has 0 spiro atoms. The van der Waals surface area contributed by atoms with Crippen molar-refractivity contribution in [3.63, 3.8) is 0 Å². The Kier molecular flexibility index (Phi) is 7.31. The average Bonchev–Trinajstić information content (AvgIpc) is 2.47. The summed E-state index contributed by atoms with van der Waals surface area (Å²) in [5.41, 5.74) is 9.17. The van der Waals surface area contributed by atoms with Crippen molar-refractivity contribution in [1.82, 2.24) is 0 Å². The molecule has 0 aliphatic carbocycles. The zero-order valence-corrected chi connectivity index (χ0v) is 16.7. The maximum atomic E-state index is 11.9. The summed E-state index contributed by atoms with van der Waals surface area (Å²) in [6.45, 7) is 13.2. The van der Waals surface area contributed by atoms with Gasteiger partial charge in [-0.2, -0.15) is 4.79 Å². The maximum Gasteiger partial charge on any atom is 0.432 e. The number of aliphatic hydroxyl groups excluding tert-OH is 1. The van der Waals surface area contributed by atoms with Crippen LogP contribution < -0.4 is 5.32 Å². The molecule has 0 saturated carbocycles. The van der Waals surface area contributed by atoms with Gasteiger partial charge in [-0.25, -0.2) is 4.79 Å². The van der Waals surface area contributed by atoms with Crippen LogP contribution in [0, 0.1) is 0 Å². The van der Waals surface area contributed by atoms with Gasteiger partial charge in [-0.3, -0.25) is 0 Å². The molecule has 0 aromatic rings. The van der Waals surface area contributed by atoms with E-state index in [4.69, 9.17) is 9.16 Å². The van der Waals surface area contributed by atoms with Crippen LogP contribution >= 0.6 is 0 Å². The van der Waals surface area contributed by atoms with E-state index in [1.54, 1.807) is 6.92 Å². The molecular formula is C16H32N3O4Si+. The molecule has 1 rings (SSSR count). The Bertz CT molecular complexity index is 498. The zero-order valence-electron chi connectivity index (χ0n) is 15.7. The van der Waals surface area contributed by atoms with Crippen molar-refractivity contribution in [2.45, 2.75) is 76.9 Å². The number of quaternary nitrogens is 1. The van der Waals surface area contributed by atoms with Crippen molar-refractivity contribution < 1.29 is 29.2 Å². The van der Waals surface area contributed by atoms with E-state index in [-0.39, 0.29) is 29.4 Å². The molecule has 24 heavy (non-hydrogen) atoms. The molecule has 8 heteroatoms. The Labute approximate surface area is 145 Å². The molecule has 138 valence electrons. The fourth-order valence-electron chi connectivity index (χ4n) is 2.47. The largest absolute Gasteiger partial charge is 0.457 e. The van der Waals surface area contributed by atoms with Gasteiger partial charge >= 0.3 is 11.7 Å². The Balaban J connectivity index is 2.76. The van der Waals surface area contributed by atoms with Gasteiger partial charge in [0.05, 0.1) is 13.2 Å². The molecule has 3 atom stereocenters. The third-order valence-corrected chi connectivity index (χ3v) is 9.63. The van der Waals surface area contributed by atoms with E-state index in [9.17, 15) is 15.4 Å². The first kappa shape index (κ1) is 21.0. The molecular weight excluding hydrogens is 326 g/mol. The molecule has 3 N–H and O–H groups in total. The lowest BCUT2D eigenvalue weighted by atomic mass is 9.93. The molecule has 0 amide bonds. The van der Waals surface area contributed by atoms with Gasteiger partial charge in [0.1, 0.15) is 12.1 Å². The number of carbonyl (C=O) groups is 1. The molecule has 0 bridgehead atoms. The van der Waals surface area contributed by atoms with Crippen LogP contribution in [-0.4, -0.2) is 61.3 Å². The summed E-state index contributed by atoms with van der Waals surface area (Å²) in [5.74, 6) is -0.610. The second-order valence-electron chi connectivity index (χ2n) is 7.88. The highest BCUT2D eigenvalue weighted by Gasteiger charge is 2.44. The van der Waals surface area contributed by atoms with Crippen LogP contribution in [0.5, 0.6) is 0 Å². The molecule has 0 aromatic carbocycles. The molecule has 1 heterocycles. The van der Waals surface area contributed by atoms with Crippen LogP contribution in [0.1, 0.15) is 40.5 Å². The monoisotopic (exact) mass is 358 g/mol. The first-order chi connectivity index (χ1) is 11.0. The maximum absolute atomic E-state index is 11.9. The number of hydrogen-bond donors (Lipinski definition) is 2. The fraction of sp³-hybridized carbons (Fsp3) is 0.875. The minimum Gasteiger partial charge on any atom is -0.457 e. The number of esters is 1. The quantitative estimate of drug-likeness (QED) is 0.239. The lowest BCUT2D eigenvalue weighted by molar-refractivity contribution is -0.725. The highest BCUT2D eigenvalue weighted by atomic mass is 28.4. The molecule has 1 aliphatic heterocycles. The van der Waals surface area contributed by atoms with Gasteiger partial charge in [0, 0.05) is 6.42 Å². The normalized spacial score (nSPS) is 25.0. The van der Waals surface area contributed by atoms with Crippen LogP contribution in [-0.2, 0) is 14.0 Å². The van der Waals surface area contributed by atoms with E-state index >= 15 is 0 Å². The van der Waals surface area contributed by atoms with E-state index in [0.717, 1.165) is 0 Å². The number of nitrogens with zero attached hydrogens (tertiary/aromatic N) is 2. The molecule has 0 unspecified atom stereocenters. The van der Waals surface area contributed by atoms with Gasteiger partial charge in [-0.05, 0) is 31.5 Å². The van der Waals surface area contributed by atoms with Crippen molar-refractivity contribution in [2.75, 3.05) is 13.2 Å². The van der Waals surface area contributed by atoms with Gasteiger partial charge in [-0.15, -0.1) is 0 Å². The van der Waals surface area contributed by atoms with Crippen LogP contribution in [0.15, 0.2) is 0 Å². The number of rotatable bonds is 6. The van der Waals surface area contributed by atoms with Crippen LogP contribution in [0.4, 0.5) is 0 Å². The average molecular weight is 359 g/mol. The smallest absolute Gasteiger partial charge is 0.432 e. The molecule has 1 fully saturated rings. The Hall–Kier alpha value is -1.05. The van der Waals surface area contributed by atoms with Gasteiger partial charge in [-0.1, -0.05) is 20.8 Å². The summed E-state index contributed by atoms with van der Waals surface area (Å²) in [6.07, 6.45) is 0.578. The van der Waals surface area contributed by atoms with Crippen molar-refractivity contribution in [3.05, 3.63) is 5.53 Å². The number of carbonyl (C=O) groups excluding carboxylic acids is 1. The van der Waals surface area contributed by atoms with E-state index in [0.29, 0.717) is 19.4 Å². The number of hydrogen-bond acceptors (Lipinski definition) is 4. The van der Waals surface area contributed by atoms with Crippen LogP contribution in [0.2, 0.25) is 18.1 Å². The Morgan fingerprint density at radius 3 is 2.50 bits per heavy atom. The van der Waals surface area contributed by atoms with E-state index in [1.165, 1.54) is 0 Å². The van der Waals surface area contributed by atoms with Crippen molar-refractivity contribution in [3.8, 4) is 0 Å². The van der Waals surface area contributed by atoms with Crippen molar-refractivity contribution in [2.24, 2.45) is 0 Å². The summed E-state index contributed by atoms with van der Waals surface area (Å²) < 4.78 is 11.1. The van der Waals surface area contributed by atoms with E-state index in [1.807, 2.05) is 5.32 Å². The fourth-order valence-corrected chi connectivity index (χ4v) is 3.52. The number of nitrogens with two attached hydrogens (primary N) is 1. The summed E-state index contributed by atoms with van der Waals surface area (Å²) in [6, 6.07) is -0.519. The molecule has 7 nitrogen and oxygen atoms in total. The topological polar surface area (TPSA) is 109 Å². The Morgan fingerprint density at radius 1 is 1.38 bits per heavy atom. The van der Waals surface area contributed by atoms with Crippen molar-refractivity contribution in [1.29, 1.82) is 0 Å². The van der Waals surface area contributed by atoms with Crippen LogP contribution in [0.25, 0.3) is 5.53 Å². The predicted molar refractivity (Wildman–Crippen MR) is 93.2 cm³/mol. The number of ether oxygens (including phenoxy) is 1. The standard InChI is InChI=1S/C16H31N3O4Si/c1-7-22-15(21)14(19-17)11-8-9-13(20)12(18-11)10-23-24(5,6)16(2,3)4/h11-13,18,20H,7-10H2,1-6H3/p+1/t11-,12-,13+/m1/s1. The Morgan fingerprint density at radius 2 is 2.00 bits per heavy atom. The summed E-state index contributed by atoms with van der Waals surface area (Å²) in [7, 11) is -1.91. The highest BCUT2D eigenvalue weighted by Crippen LogP contribution is 2.36. The number of aliphatic hydroxyl groups is 1. The first-order valence-electron chi connectivity index (χ1n) is 8.59. The lowest BCUT2D eigenvalue weighted by Gasteiger charge is -2.38. The third-order valence-electron chi connectivity index (χ3n) is 5.13. The number of piperidine rings is 1. The summed E-state index contributed by atoms with van der Waals surface area (Å²) in [4.78, 5) is 15.0. The van der Waals surface area contributed by atoms with Gasteiger partial charge in [0.2, 0.25) is 0 Å². The van der Waals surface area contributed by atoms with Crippen molar-refractivity contribution >= 4 is 20.0 Å². The summed E-state index contributed by atoms with van der Waals surface area (Å²) >= 11 is 0. The minimum absolute atomic E-state index is 0.000997. The molecule has 1 aliphatic rings. The van der Waals surface area contributed by atoms with E-state index in [2.05, 4.69) is 38.7 Å². The first-order valence-corrected chi connectivity index (χ1v) is 11.5.